The first kappa shape index (κ1) is 14.7. The van der Waals surface area contributed by atoms with Gasteiger partial charge in [0.2, 0.25) is 5.91 Å². The number of carbonyl (C=O) groups excluding carboxylic acids is 1. The van der Waals surface area contributed by atoms with E-state index >= 15 is 0 Å². The molecule has 18 heavy (non-hydrogen) atoms. The van der Waals surface area contributed by atoms with E-state index in [9.17, 15) is 4.79 Å². The third-order valence-corrected chi connectivity index (χ3v) is 3.31. The van der Waals surface area contributed by atoms with Gasteiger partial charge < -0.3 is 9.88 Å². The van der Waals surface area contributed by atoms with E-state index in [0.29, 0.717) is 0 Å². The minimum atomic E-state index is 0.191. The molecule has 0 aliphatic carbocycles. The Morgan fingerprint density at radius 2 is 2.06 bits per heavy atom. The SMILES string of the molecule is CCC(CC)C(=O)NCCCCCn1ccnc1. The third kappa shape index (κ3) is 5.34. The molecule has 4 nitrogen and oxygen atoms in total. The average molecular weight is 251 g/mol. The lowest BCUT2D eigenvalue weighted by molar-refractivity contribution is -0.125. The number of aromatic nitrogens is 2. The highest BCUT2D eigenvalue weighted by Gasteiger charge is 2.12. The van der Waals surface area contributed by atoms with E-state index in [1.165, 1.54) is 0 Å². The summed E-state index contributed by atoms with van der Waals surface area (Å²) >= 11 is 0. The molecule has 102 valence electrons. The van der Waals surface area contributed by atoms with E-state index < -0.39 is 0 Å². The maximum absolute atomic E-state index is 11.7. The molecule has 1 aromatic rings. The van der Waals surface area contributed by atoms with Gasteiger partial charge in [-0.1, -0.05) is 13.8 Å². The van der Waals surface area contributed by atoms with Crippen molar-refractivity contribution in [2.45, 2.75) is 52.5 Å². The van der Waals surface area contributed by atoms with Crippen LogP contribution in [0.15, 0.2) is 18.7 Å². The molecule has 0 atom stereocenters. The second-order valence-corrected chi connectivity index (χ2v) is 4.67. The van der Waals surface area contributed by atoms with Gasteiger partial charge in [0, 0.05) is 31.4 Å². The van der Waals surface area contributed by atoms with Gasteiger partial charge in [-0.3, -0.25) is 4.79 Å². The Morgan fingerprint density at radius 3 is 2.67 bits per heavy atom. The van der Waals surface area contributed by atoms with Crippen LogP contribution in [0.5, 0.6) is 0 Å². The predicted molar refractivity (Wildman–Crippen MR) is 73.2 cm³/mol. The number of aryl methyl sites for hydroxylation is 1. The topological polar surface area (TPSA) is 46.9 Å². The Balaban J connectivity index is 2.00. The number of imidazole rings is 1. The molecule has 0 radical (unpaired) electrons. The Morgan fingerprint density at radius 1 is 1.28 bits per heavy atom. The lowest BCUT2D eigenvalue weighted by Gasteiger charge is -2.12. The van der Waals surface area contributed by atoms with Gasteiger partial charge in [0.25, 0.3) is 0 Å². The molecule has 4 heteroatoms. The molecular weight excluding hydrogens is 226 g/mol. The standard InChI is InChI=1S/C14H25N3O/c1-3-13(4-2)14(18)16-8-6-5-7-10-17-11-9-15-12-17/h9,11-13H,3-8,10H2,1-2H3,(H,16,18). The molecule has 1 N–H and O–H groups in total. The van der Waals surface area contributed by atoms with E-state index in [1.807, 2.05) is 12.5 Å². The fourth-order valence-corrected chi connectivity index (χ4v) is 2.03. The lowest BCUT2D eigenvalue weighted by atomic mass is 10.0. The number of nitrogens with zero attached hydrogens (tertiary/aromatic N) is 2. The molecule has 0 aromatic carbocycles. The molecule has 0 bridgehead atoms. The molecule has 0 spiro atoms. The van der Waals surface area contributed by atoms with Crippen LogP contribution in [-0.4, -0.2) is 22.0 Å². The van der Waals surface area contributed by atoms with Crippen molar-refractivity contribution in [3.8, 4) is 0 Å². The van der Waals surface area contributed by atoms with Gasteiger partial charge >= 0.3 is 0 Å². The van der Waals surface area contributed by atoms with Gasteiger partial charge in [-0.2, -0.15) is 0 Å². The van der Waals surface area contributed by atoms with Crippen LogP contribution in [0.3, 0.4) is 0 Å². The number of hydrogen-bond donors (Lipinski definition) is 1. The van der Waals surface area contributed by atoms with Crippen LogP contribution in [0.4, 0.5) is 0 Å². The van der Waals surface area contributed by atoms with Crippen LogP contribution < -0.4 is 5.32 Å². The van der Waals surface area contributed by atoms with Gasteiger partial charge in [-0.05, 0) is 32.1 Å². The van der Waals surface area contributed by atoms with E-state index in [2.05, 4.69) is 28.7 Å². The zero-order chi connectivity index (χ0) is 13.2. The number of hydrogen-bond acceptors (Lipinski definition) is 2. The quantitative estimate of drug-likeness (QED) is 0.686. The lowest BCUT2D eigenvalue weighted by Crippen LogP contribution is -2.30. The van der Waals surface area contributed by atoms with Crippen molar-refractivity contribution in [2.75, 3.05) is 6.54 Å². The smallest absolute Gasteiger partial charge is 0.223 e. The molecule has 1 amide bonds. The van der Waals surface area contributed by atoms with Crippen molar-refractivity contribution in [1.29, 1.82) is 0 Å². The van der Waals surface area contributed by atoms with Crippen molar-refractivity contribution < 1.29 is 4.79 Å². The molecule has 0 aliphatic rings. The first-order valence-electron chi connectivity index (χ1n) is 7.01. The maximum atomic E-state index is 11.7. The minimum Gasteiger partial charge on any atom is -0.356 e. The Bertz CT molecular complexity index is 318. The molecule has 0 fully saturated rings. The van der Waals surface area contributed by atoms with Crippen molar-refractivity contribution in [3.05, 3.63) is 18.7 Å². The highest BCUT2D eigenvalue weighted by molar-refractivity contribution is 5.78. The summed E-state index contributed by atoms with van der Waals surface area (Å²) in [7, 11) is 0. The van der Waals surface area contributed by atoms with Crippen LogP contribution in [0.1, 0.15) is 46.0 Å². The largest absolute Gasteiger partial charge is 0.356 e. The highest BCUT2D eigenvalue weighted by atomic mass is 16.1. The molecular formula is C14H25N3O. The zero-order valence-electron chi connectivity index (χ0n) is 11.6. The van der Waals surface area contributed by atoms with Gasteiger partial charge in [-0.15, -0.1) is 0 Å². The fourth-order valence-electron chi connectivity index (χ4n) is 2.03. The molecule has 1 heterocycles. The van der Waals surface area contributed by atoms with Crippen LogP contribution >= 0.6 is 0 Å². The summed E-state index contributed by atoms with van der Waals surface area (Å²) < 4.78 is 2.09. The van der Waals surface area contributed by atoms with E-state index in [-0.39, 0.29) is 11.8 Å². The summed E-state index contributed by atoms with van der Waals surface area (Å²) in [5, 5.41) is 3.02. The number of carbonyl (C=O) groups is 1. The van der Waals surface area contributed by atoms with Crippen molar-refractivity contribution in [2.24, 2.45) is 5.92 Å². The van der Waals surface area contributed by atoms with Gasteiger partial charge in [0.15, 0.2) is 0 Å². The van der Waals surface area contributed by atoms with Crippen molar-refractivity contribution in [3.63, 3.8) is 0 Å². The summed E-state index contributed by atoms with van der Waals surface area (Å²) in [5.74, 6) is 0.408. The summed E-state index contributed by atoms with van der Waals surface area (Å²) in [6.07, 6.45) is 10.8. The van der Waals surface area contributed by atoms with Crippen LogP contribution in [0, 0.1) is 5.92 Å². The molecule has 1 rings (SSSR count). The second kappa shape index (κ2) is 8.72. The minimum absolute atomic E-state index is 0.191. The first-order chi connectivity index (χ1) is 8.77. The second-order valence-electron chi connectivity index (χ2n) is 4.67. The maximum Gasteiger partial charge on any atom is 0.223 e. The van der Waals surface area contributed by atoms with Crippen molar-refractivity contribution >= 4 is 5.91 Å². The predicted octanol–water partition coefficient (Wildman–Crippen LogP) is 2.61. The zero-order valence-corrected chi connectivity index (χ0v) is 11.6. The summed E-state index contributed by atoms with van der Waals surface area (Å²) in [4.78, 5) is 15.7. The van der Waals surface area contributed by atoms with Gasteiger partial charge in [0.05, 0.1) is 6.33 Å². The average Bonchev–Trinajstić information content (AvgIpc) is 2.88. The van der Waals surface area contributed by atoms with Crippen LogP contribution in [0.2, 0.25) is 0 Å². The molecule has 0 saturated heterocycles. The van der Waals surface area contributed by atoms with E-state index in [0.717, 1.165) is 45.2 Å². The molecule has 0 unspecified atom stereocenters. The van der Waals surface area contributed by atoms with Crippen LogP contribution in [-0.2, 0) is 11.3 Å². The molecule has 0 aliphatic heterocycles. The van der Waals surface area contributed by atoms with Crippen LogP contribution in [0.25, 0.3) is 0 Å². The molecule has 1 aromatic heterocycles. The Kier molecular flexibility index (Phi) is 7.14. The number of rotatable bonds is 9. The van der Waals surface area contributed by atoms with E-state index in [1.54, 1.807) is 6.20 Å². The Hall–Kier alpha value is -1.32. The van der Waals surface area contributed by atoms with Gasteiger partial charge in [0.1, 0.15) is 0 Å². The summed E-state index contributed by atoms with van der Waals surface area (Å²) in [6, 6.07) is 0. The number of amides is 1. The summed E-state index contributed by atoms with van der Waals surface area (Å²) in [5.41, 5.74) is 0. The van der Waals surface area contributed by atoms with Gasteiger partial charge in [-0.25, -0.2) is 4.98 Å². The number of nitrogens with one attached hydrogen (secondary N) is 1. The van der Waals surface area contributed by atoms with Crippen molar-refractivity contribution in [1.82, 2.24) is 14.9 Å². The monoisotopic (exact) mass is 251 g/mol. The molecule has 0 saturated carbocycles. The fraction of sp³-hybridized carbons (Fsp3) is 0.714. The normalized spacial score (nSPS) is 10.8. The summed E-state index contributed by atoms with van der Waals surface area (Å²) in [6.45, 7) is 5.96. The van der Waals surface area contributed by atoms with E-state index in [4.69, 9.17) is 0 Å². The third-order valence-electron chi connectivity index (χ3n) is 3.31. The first-order valence-corrected chi connectivity index (χ1v) is 7.01. The number of unbranched alkanes of at least 4 members (excludes halogenated alkanes) is 2. The Labute approximate surface area is 110 Å². The highest BCUT2D eigenvalue weighted by Crippen LogP contribution is 2.07.